The van der Waals surface area contributed by atoms with Gasteiger partial charge in [-0.25, -0.2) is 19.9 Å². The Balaban J connectivity index is 1.21. The molecule has 0 saturated carbocycles. The predicted molar refractivity (Wildman–Crippen MR) is 210 cm³/mol. The van der Waals surface area contributed by atoms with E-state index in [9.17, 15) is 0 Å². The first-order valence-electron chi connectivity index (χ1n) is 17.4. The van der Waals surface area contributed by atoms with Gasteiger partial charge >= 0.3 is 0 Å². The van der Waals surface area contributed by atoms with Crippen molar-refractivity contribution in [2.24, 2.45) is 0 Å². The molecule has 244 valence electrons. The number of benzene rings is 6. The summed E-state index contributed by atoms with van der Waals surface area (Å²) in [5, 5.41) is 0. The second-order valence-corrected chi connectivity index (χ2v) is 13.1. The highest BCUT2D eigenvalue weighted by molar-refractivity contribution is 5.95. The van der Waals surface area contributed by atoms with Gasteiger partial charge < -0.3 is 0 Å². The monoisotopic (exact) mass is 665 g/mol. The van der Waals surface area contributed by atoms with Crippen molar-refractivity contribution in [3.8, 4) is 51.0 Å². The zero-order valence-corrected chi connectivity index (χ0v) is 28.2. The largest absolute Gasteiger partial charge is 0.295 e. The van der Waals surface area contributed by atoms with Gasteiger partial charge in [0.05, 0.1) is 16.7 Å². The Hall–Kier alpha value is -6.98. The minimum absolute atomic E-state index is 0.600. The molecule has 1 spiro atoms. The van der Waals surface area contributed by atoms with Crippen LogP contribution in [-0.2, 0) is 5.41 Å². The average Bonchev–Trinajstić information content (AvgIpc) is 3.84. The normalized spacial score (nSPS) is 15.5. The Morgan fingerprint density at radius 1 is 0.481 bits per heavy atom. The van der Waals surface area contributed by atoms with Crippen LogP contribution in [0.15, 0.2) is 183 Å². The van der Waals surface area contributed by atoms with E-state index in [-0.39, 0.29) is 0 Å². The van der Waals surface area contributed by atoms with Crippen LogP contribution in [-0.4, -0.2) is 24.5 Å². The van der Waals surface area contributed by atoms with Crippen LogP contribution < -0.4 is 0 Å². The van der Waals surface area contributed by atoms with Crippen LogP contribution in [0.1, 0.15) is 22.5 Å². The fraction of sp³-hybridized carbons (Fsp3) is 0.0213. The number of para-hydroxylation sites is 2. The van der Waals surface area contributed by atoms with Crippen molar-refractivity contribution in [3.63, 3.8) is 0 Å². The van der Waals surface area contributed by atoms with Crippen molar-refractivity contribution in [2.45, 2.75) is 5.41 Å². The van der Waals surface area contributed by atoms with Gasteiger partial charge in [-0.05, 0) is 69.3 Å². The summed E-state index contributed by atoms with van der Waals surface area (Å²) in [6.07, 6.45) is 3.93. The second kappa shape index (κ2) is 11.5. The third-order valence-electron chi connectivity index (χ3n) is 10.4. The summed E-state index contributed by atoms with van der Waals surface area (Å²) in [4.78, 5) is 20.6. The number of rotatable bonds is 6. The summed E-state index contributed by atoms with van der Waals surface area (Å²) in [6.45, 7) is 8.62. The molecule has 0 radical (unpaired) electrons. The summed E-state index contributed by atoms with van der Waals surface area (Å²) < 4.78 is 2.31. The van der Waals surface area contributed by atoms with Crippen LogP contribution in [0.4, 0.5) is 0 Å². The standard InChI is InChI=1S/C47H31N5/c1-3-35-36-19-11-12-20-38(36)47(37(35)4-2)39-29-34(27-28-41(39)52-42-22-14-13-21-40(42)48-46(47)52)45-50-43(32-17-9-6-10-18-32)49-44(51-45)33-25-23-31(24-26-33)30-15-7-5-8-16-30/h3-29H,1-2H2. The maximum absolute atomic E-state index is 5.35. The minimum Gasteiger partial charge on any atom is -0.295 e. The van der Waals surface area contributed by atoms with Crippen LogP contribution in [0, 0.1) is 0 Å². The smallest absolute Gasteiger partial charge is 0.164 e. The SMILES string of the molecule is C=CC1=C(C=C)C2(c3ccccc31)c1cc(-c3nc(-c4ccccc4)nc(-c4ccc(-c5ccccc5)cc4)n3)ccc1-n1c2nc2ccccc21. The molecule has 1 unspecified atom stereocenters. The lowest BCUT2D eigenvalue weighted by atomic mass is 9.71. The van der Waals surface area contributed by atoms with E-state index in [0.29, 0.717) is 17.5 Å². The number of imidazole rings is 1. The second-order valence-electron chi connectivity index (χ2n) is 13.1. The highest BCUT2D eigenvalue weighted by Gasteiger charge is 2.54. The Morgan fingerprint density at radius 2 is 1.04 bits per heavy atom. The van der Waals surface area contributed by atoms with E-state index in [0.717, 1.165) is 78.2 Å². The van der Waals surface area contributed by atoms with Gasteiger partial charge in [-0.15, -0.1) is 0 Å². The molecule has 5 heteroatoms. The molecular weight excluding hydrogens is 635 g/mol. The molecule has 1 aliphatic carbocycles. The summed E-state index contributed by atoms with van der Waals surface area (Å²) in [5.74, 6) is 2.78. The van der Waals surface area contributed by atoms with Gasteiger partial charge in [0.25, 0.3) is 0 Å². The minimum atomic E-state index is -0.711. The average molecular weight is 666 g/mol. The van der Waals surface area contributed by atoms with E-state index in [1.54, 1.807) is 0 Å². The van der Waals surface area contributed by atoms with Gasteiger partial charge in [-0.2, -0.15) is 0 Å². The van der Waals surface area contributed by atoms with Crippen LogP contribution in [0.25, 0.3) is 67.6 Å². The molecule has 0 N–H and O–H groups in total. The molecule has 2 aliphatic rings. The first-order chi connectivity index (χ1) is 25.7. The predicted octanol–water partition coefficient (Wildman–Crippen LogP) is 10.7. The number of nitrogens with zero attached hydrogens (tertiary/aromatic N) is 5. The summed E-state index contributed by atoms with van der Waals surface area (Å²) in [6, 6.07) is 52.4. The van der Waals surface area contributed by atoms with Crippen LogP contribution in [0.5, 0.6) is 0 Å². The molecule has 0 amide bonds. The molecule has 6 aromatic carbocycles. The molecule has 2 aromatic heterocycles. The van der Waals surface area contributed by atoms with Crippen molar-refractivity contribution in [3.05, 3.63) is 205 Å². The lowest BCUT2D eigenvalue weighted by Gasteiger charge is -2.28. The molecule has 10 rings (SSSR count). The number of hydrogen-bond acceptors (Lipinski definition) is 4. The van der Waals surface area contributed by atoms with Gasteiger partial charge in [0.2, 0.25) is 0 Å². The van der Waals surface area contributed by atoms with E-state index in [1.165, 1.54) is 0 Å². The summed E-state index contributed by atoms with van der Waals surface area (Å²) >= 11 is 0. The molecule has 1 atom stereocenters. The molecular formula is C47H31N5. The zero-order valence-electron chi connectivity index (χ0n) is 28.2. The van der Waals surface area contributed by atoms with Crippen LogP contribution in [0.3, 0.4) is 0 Å². The molecule has 0 saturated heterocycles. The molecule has 3 heterocycles. The third-order valence-corrected chi connectivity index (χ3v) is 10.4. The molecule has 5 nitrogen and oxygen atoms in total. The lowest BCUT2D eigenvalue weighted by molar-refractivity contribution is 0.732. The Morgan fingerprint density at radius 3 is 1.75 bits per heavy atom. The topological polar surface area (TPSA) is 56.5 Å². The van der Waals surface area contributed by atoms with Gasteiger partial charge in [-0.3, -0.25) is 4.57 Å². The highest BCUT2D eigenvalue weighted by Crippen LogP contribution is 2.60. The maximum Gasteiger partial charge on any atom is 0.164 e. The van der Waals surface area contributed by atoms with Crippen molar-refractivity contribution in [2.75, 3.05) is 0 Å². The van der Waals surface area contributed by atoms with E-state index in [4.69, 9.17) is 19.9 Å². The molecule has 8 aromatic rings. The van der Waals surface area contributed by atoms with E-state index in [2.05, 4.69) is 127 Å². The van der Waals surface area contributed by atoms with E-state index < -0.39 is 5.41 Å². The quantitative estimate of drug-likeness (QED) is 0.177. The van der Waals surface area contributed by atoms with Crippen LogP contribution >= 0.6 is 0 Å². The number of allylic oxidation sites excluding steroid dienone is 4. The van der Waals surface area contributed by atoms with Crippen molar-refractivity contribution in [1.29, 1.82) is 0 Å². The fourth-order valence-electron chi connectivity index (χ4n) is 8.16. The summed E-state index contributed by atoms with van der Waals surface area (Å²) in [7, 11) is 0. The van der Waals surface area contributed by atoms with Gasteiger partial charge in [0, 0.05) is 16.7 Å². The highest BCUT2D eigenvalue weighted by atomic mass is 15.1. The van der Waals surface area contributed by atoms with Crippen LogP contribution in [0.2, 0.25) is 0 Å². The first-order valence-corrected chi connectivity index (χ1v) is 17.4. The summed E-state index contributed by atoms with van der Waals surface area (Å²) in [5.41, 5.74) is 12.9. The van der Waals surface area contributed by atoms with Gasteiger partial charge in [0.1, 0.15) is 11.2 Å². The first kappa shape index (κ1) is 29.9. The van der Waals surface area contributed by atoms with Gasteiger partial charge in [-0.1, -0.05) is 147 Å². The van der Waals surface area contributed by atoms with Crippen molar-refractivity contribution >= 4 is 16.6 Å². The van der Waals surface area contributed by atoms with Crippen molar-refractivity contribution in [1.82, 2.24) is 24.5 Å². The number of aromatic nitrogens is 5. The third kappa shape index (κ3) is 4.23. The van der Waals surface area contributed by atoms with E-state index in [1.807, 2.05) is 54.6 Å². The zero-order chi connectivity index (χ0) is 34.8. The number of fused-ring (bicyclic) bond motifs is 9. The Labute approximate surface area is 301 Å². The molecule has 1 aliphatic heterocycles. The van der Waals surface area contributed by atoms with Crippen molar-refractivity contribution < 1.29 is 0 Å². The molecule has 52 heavy (non-hydrogen) atoms. The molecule has 0 fully saturated rings. The number of hydrogen-bond donors (Lipinski definition) is 0. The Bertz CT molecular complexity index is 2760. The fourth-order valence-corrected chi connectivity index (χ4v) is 8.16. The lowest BCUT2D eigenvalue weighted by Crippen LogP contribution is -2.28. The Kier molecular flexibility index (Phi) is 6.63. The molecule has 0 bridgehead atoms. The van der Waals surface area contributed by atoms with Gasteiger partial charge in [0.15, 0.2) is 17.5 Å². The van der Waals surface area contributed by atoms with E-state index >= 15 is 0 Å². The maximum atomic E-state index is 5.35.